The number of nitrogens with two attached hydrogens (primary N) is 1. The van der Waals surface area contributed by atoms with Crippen molar-refractivity contribution >= 4 is 11.4 Å². The predicted molar refractivity (Wildman–Crippen MR) is 77.6 cm³/mol. The summed E-state index contributed by atoms with van der Waals surface area (Å²) in [4.78, 5) is 0. The molecule has 0 heterocycles. The van der Waals surface area contributed by atoms with Crippen molar-refractivity contribution in [1.29, 1.82) is 0 Å². The van der Waals surface area contributed by atoms with E-state index in [0.29, 0.717) is 37.7 Å². The van der Waals surface area contributed by atoms with Crippen LogP contribution in [-0.2, 0) is 4.74 Å². The number of nitrogen functional groups attached to an aromatic ring is 1. The Labute approximate surface area is 118 Å². The molecule has 1 aromatic carbocycles. The maximum atomic E-state index is 13.6. The fraction of sp³-hybridized carbons (Fsp3) is 0.571. The van der Waals surface area contributed by atoms with Crippen molar-refractivity contribution in [3.8, 4) is 5.75 Å². The topological polar surface area (TPSA) is 76.7 Å². The first-order valence-corrected chi connectivity index (χ1v) is 6.83. The van der Waals surface area contributed by atoms with Crippen LogP contribution in [0.15, 0.2) is 12.1 Å². The van der Waals surface area contributed by atoms with Gasteiger partial charge in [-0.3, -0.25) is 0 Å². The number of aliphatic hydroxyl groups excluding tert-OH is 1. The number of rotatable bonds is 10. The van der Waals surface area contributed by atoms with Gasteiger partial charge in [0.25, 0.3) is 0 Å². The van der Waals surface area contributed by atoms with Gasteiger partial charge in [-0.05, 0) is 12.8 Å². The summed E-state index contributed by atoms with van der Waals surface area (Å²) in [5.74, 6) is -0.243. The van der Waals surface area contributed by atoms with Crippen LogP contribution in [0.1, 0.15) is 19.8 Å². The SMILES string of the molecule is CCCOc1cc(NCCCOCCO)c(N)cc1F. The normalized spacial score (nSPS) is 10.6. The van der Waals surface area contributed by atoms with Crippen molar-refractivity contribution in [2.24, 2.45) is 0 Å². The molecule has 0 aromatic heterocycles. The van der Waals surface area contributed by atoms with Crippen LogP contribution in [-0.4, -0.2) is 38.1 Å². The van der Waals surface area contributed by atoms with E-state index in [1.807, 2.05) is 6.92 Å². The van der Waals surface area contributed by atoms with Crippen LogP contribution in [0.2, 0.25) is 0 Å². The van der Waals surface area contributed by atoms with E-state index >= 15 is 0 Å². The van der Waals surface area contributed by atoms with Crippen LogP contribution < -0.4 is 15.8 Å². The van der Waals surface area contributed by atoms with E-state index in [0.717, 1.165) is 12.8 Å². The molecule has 0 aliphatic rings. The van der Waals surface area contributed by atoms with Gasteiger partial charge in [-0.15, -0.1) is 0 Å². The highest BCUT2D eigenvalue weighted by Gasteiger charge is 2.08. The molecule has 1 aromatic rings. The Morgan fingerprint density at radius 2 is 2.10 bits per heavy atom. The lowest BCUT2D eigenvalue weighted by atomic mass is 10.2. The van der Waals surface area contributed by atoms with E-state index in [1.165, 1.54) is 6.07 Å². The van der Waals surface area contributed by atoms with Crippen molar-refractivity contribution in [3.63, 3.8) is 0 Å². The maximum absolute atomic E-state index is 13.6. The molecule has 4 N–H and O–H groups in total. The maximum Gasteiger partial charge on any atom is 0.167 e. The third kappa shape index (κ3) is 5.63. The van der Waals surface area contributed by atoms with Crippen LogP contribution in [0.3, 0.4) is 0 Å². The second-order valence-corrected chi connectivity index (χ2v) is 4.33. The Bertz CT molecular complexity index is 402. The number of benzene rings is 1. The molecule has 5 nitrogen and oxygen atoms in total. The largest absolute Gasteiger partial charge is 0.490 e. The highest BCUT2D eigenvalue weighted by molar-refractivity contribution is 5.68. The first-order valence-electron chi connectivity index (χ1n) is 6.83. The number of anilines is 2. The van der Waals surface area contributed by atoms with Crippen molar-refractivity contribution in [1.82, 2.24) is 0 Å². The van der Waals surface area contributed by atoms with E-state index in [9.17, 15) is 4.39 Å². The molecule has 0 saturated heterocycles. The second kappa shape index (κ2) is 9.39. The zero-order valence-electron chi connectivity index (χ0n) is 11.8. The Balaban J connectivity index is 2.47. The summed E-state index contributed by atoms with van der Waals surface area (Å²) in [5.41, 5.74) is 6.76. The fourth-order valence-corrected chi connectivity index (χ4v) is 1.61. The molecule has 1 rings (SSSR count). The Morgan fingerprint density at radius 3 is 2.80 bits per heavy atom. The minimum Gasteiger partial charge on any atom is -0.490 e. The average molecular weight is 286 g/mol. The number of halogens is 1. The van der Waals surface area contributed by atoms with E-state index in [-0.39, 0.29) is 12.4 Å². The third-order valence-corrected chi connectivity index (χ3v) is 2.58. The number of aliphatic hydroxyl groups is 1. The van der Waals surface area contributed by atoms with Crippen LogP contribution in [0.5, 0.6) is 5.75 Å². The smallest absolute Gasteiger partial charge is 0.167 e. The zero-order valence-corrected chi connectivity index (χ0v) is 11.8. The molecule has 0 unspecified atom stereocenters. The van der Waals surface area contributed by atoms with E-state index in [4.69, 9.17) is 20.3 Å². The van der Waals surface area contributed by atoms with Gasteiger partial charge >= 0.3 is 0 Å². The second-order valence-electron chi connectivity index (χ2n) is 4.33. The number of nitrogens with one attached hydrogen (secondary N) is 1. The standard InChI is InChI=1S/C14H23FN2O3/c1-2-6-20-14-10-13(12(16)9-11(14)15)17-4-3-7-19-8-5-18/h9-10,17-18H,2-8,16H2,1H3. The van der Waals surface area contributed by atoms with Crippen molar-refractivity contribution in [2.75, 3.05) is 44.0 Å². The lowest BCUT2D eigenvalue weighted by Gasteiger charge is -2.13. The van der Waals surface area contributed by atoms with Gasteiger partial charge in [-0.2, -0.15) is 0 Å². The van der Waals surface area contributed by atoms with Crippen LogP contribution in [0.4, 0.5) is 15.8 Å². The lowest BCUT2D eigenvalue weighted by molar-refractivity contribution is 0.0922. The first-order chi connectivity index (χ1) is 9.69. The predicted octanol–water partition coefficient (Wildman–Crippen LogP) is 2.01. The number of hydrogen-bond acceptors (Lipinski definition) is 5. The Kier molecular flexibility index (Phi) is 7.75. The summed E-state index contributed by atoms with van der Waals surface area (Å²) in [6, 6.07) is 2.84. The minimum atomic E-state index is -0.451. The lowest BCUT2D eigenvalue weighted by Crippen LogP contribution is -2.09. The molecule has 0 spiro atoms. The summed E-state index contributed by atoms with van der Waals surface area (Å²) in [5, 5.41) is 11.7. The first kappa shape index (κ1) is 16.5. The molecule has 20 heavy (non-hydrogen) atoms. The van der Waals surface area contributed by atoms with Gasteiger partial charge in [0.05, 0.1) is 31.2 Å². The molecule has 6 heteroatoms. The summed E-state index contributed by atoms with van der Waals surface area (Å²) < 4.78 is 24.1. The van der Waals surface area contributed by atoms with Gasteiger partial charge in [0.1, 0.15) is 0 Å². The van der Waals surface area contributed by atoms with Crippen LogP contribution in [0.25, 0.3) is 0 Å². The molecule has 114 valence electrons. The van der Waals surface area contributed by atoms with Crippen molar-refractivity contribution < 1.29 is 19.0 Å². The summed E-state index contributed by atoms with van der Waals surface area (Å²) in [7, 11) is 0. The van der Waals surface area contributed by atoms with E-state index < -0.39 is 5.82 Å². The van der Waals surface area contributed by atoms with E-state index in [1.54, 1.807) is 6.07 Å². The molecule has 0 aliphatic heterocycles. The molecule has 0 radical (unpaired) electrons. The molecular weight excluding hydrogens is 263 g/mol. The van der Waals surface area contributed by atoms with Gasteiger partial charge in [-0.25, -0.2) is 4.39 Å². The van der Waals surface area contributed by atoms with Gasteiger partial charge in [0.15, 0.2) is 11.6 Å². The minimum absolute atomic E-state index is 0.0243. The molecule has 0 amide bonds. The monoisotopic (exact) mass is 286 g/mol. The fourth-order valence-electron chi connectivity index (χ4n) is 1.61. The summed E-state index contributed by atoms with van der Waals surface area (Å²) in [6.07, 6.45) is 1.58. The van der Waals surface area contributed by atoms with E-state index in [2.05, 4.69) is 5.32 Å². The number of hydrogen-bond donors (Lipinski definition) is 3. The van der Waals surface area contributed by atoms with Crippen LogP contribution in [0, 0.1) is 5.82 Å². The molecule has 0 atom stereocenters. The molecule has 0 saturated carbocycles. The van der Waals surface area contributed by atoms with Gasteiger partial charge in [0.2, 0.25) is 0 Å². The van der Waals surface area contributed by atoms with Crippen molar-refractivity contribution in [3.05, 3.63) is 17.9 Å². The molecule has 0 aliphatic carbocycles. The van der Waals surface area contributed by atoms with Gasteiger partial charge in [0, 0.05) is 25.3 Å². The zero-order chi connectivity index (χ0) is 14.8. The van der Waals surface area contributed by atoms with Gasteiger partial charge < -0.3 is 25.6 Å². The summed E-state index contributed by atoms with van der Waals surface area (Å²) in [6.45, 7) is 3.99. The van der Waals surface area contributed by atoms with Crippen molar-refractivity contribution in [2.45, 2.75) is 19.8 Å². The Morgan fingerprint density at radius 1 is 1.30 bits per heavy atom. The molecular formula is C14H23FN2O3. The van der Waals surface area contributed by atoms with Crippen LogP contribution >= 0.6 is 0 Å². The quantitative estimate of drug-likeness (QED) is 0.453. The third-order valence-electron chi connectivity index (χ3n) is 2.58. The summed E-state index contributed by atoms with van der Waals surface area (Å²) >= 11 is 0. The van der Waals surface area contributed by atoms with Gasteiger partial charge in [-0.1, -0.05) is 6.92 Å². The highest BCUT2D eigenvalue weighted by atomic mass is 19.1. The highest BCUT2D eigenvalue weighted by Crippen LogP contribution is 2.28. The molecule has 0 bridgehead atoms. The number of ether oxygens (including phenoxy) is 2. The molecule has 0 fully saturated rings. The average Bonchev–Trinajstić information content (AvgIpc) is 2.43. The Hall–Kier alpha value is -1.53.